The number of amides is 1. The van der Waals surface area contributed by atoms with Gasteiger partial charge in [-0.2, -0.15) is 0 Å². The van der Waals surface area contributed by atoms with Gasteiger partial charge in [0.2, 0.25) is 5.91 Å². The fraction of sp³-hybridized carbons (Fsp3) is 0.259. The largest absolute Gasteiger partial charge is 0.495 e. The van der Waals surface area contributed by atoms with E-state index >= 15 is 0 Å². The summed E-state index contributed by atoms with van der Waals surface area (Å²) in [5.41, 5.74) is 2.49. The standard InChI is InChI=1S/C27H28N4O4/c1-16(2)19-10-12-20(13-11-19)29-23(32)15-30-26(33)24-17(3)14-18(4)28-25(24)31(27(30)34)21-8-6-7-9-22(21)35-5/h6-14,16H,15H2,1-5H3,(H,29,32). The number of rotatable bonds is 6. The van der Waals surface area contributed by atoms with E-state index in [2.05, 4.69) is 24.1 Å². The van der Waals surface area contributed by atoms with Crippen LogP contribution in [0.4, 0.5) is 5.69 Å². The van der Waals surface area contributed by atoms with E-state index in [-0.39, 0.29) is 11.0 Å². The number of anilines is 1. The van der Waals surface area contributed by atoms with Gasteiger partial charge in [0.1, 0.15) is 12.3 Å². The summed E-state index contributed by atoms with van der Waals surface area (Å²) < 4.78 is 7.74. The average molecular weight is 473 g/mol. The lowest BCUT2D eigenvalue weighted by Gasteiger charge is -2.17. The minimum absolute atomic E-state index is 0.225. The zero-order valence-electron chi connectivity index (χ0n) is 20.5. The second kappa shape index (κ2) is 9.58. The molecule has 0 bridgehead atoms. The van der Waals surface area contributed by atoms with Crippen LogP contribution in [-0.4, -0.2) is 27.1 Å². The van der Waals surface area contributed by atoms with Crippen LogP contribution in [0, 0.1) is 13.8 Å². The fourth-order valence-corrected chi connectivity index (χ4v) is 4.14. The molecule has 1 amide bonds. The molecule has 1 N–H and O–H groups in total. The Morgan fingerprint density at radius 3 is 2.40 bits per heavy atom. The lowest BCUT2D eigenvalue weighted by molar-refractivity contribution is -0.116. The molecule has 0 spiro atoms. The smallest absolute Gasteiger partial charge is 0.337 e. The first kappa shape index (κ1) is 23.9. The zero-order valence-corrected chi connectivity index (χ0v) is 20.5. The number of aromatic nitrogens is 3. The minimum Gasteiger partial charge on any atom is -0.495 e. The number of pyridine rings is 1. The number of hydrogen-bond acceptors (Lipinski definition) is 5. The number of benzene rings is 2. The quantitative estimate of drug-likeness (QED) is 0.459. The van der Waals surface area contributed by atoms with Crippen molar-refractivity contribution in [1.29, 1.82) is 0 Å². The van der Waals surface area contributed by atoms with Crippen LogP contribution in [0.2, 0.25) is 0 Å². The molecule has 0 saturated carbocycles. The highest BCUT2D eigenvalue weighted by Crippen LogP contribution is 2.24. The molecule has 2 aromatic carbocycles. The Morgan fingerprint density at radius 1 is 1.06 bits per heavy atom. The van der Waals surface area contributed by atoms with Gasteiger partial charge in [0.15, 0.2) is 5.65 Å². The summed E-state index contributed by atoms with van der Waals surface area (Å²) in [5.74, 6) is 0.326. The summed E-state index contributed by atoms with van der Waals surface area (Å²) in [4.78, 5) is 44.5. The molecule has 2 heterocycles. The van der Waals surface area contributed by atoms with Crippen molar-refractivity contribution < 1.29 is 9.53 Å². The number of hydrogen-bond donors (Lipinski definition) is 1. The number of para-hydroxylation sites is 2. The Hall–Kier alpha value is -4.20. The second-order valence-corrected chi connectivity index (χ2v) is 8.79. The second-order valence-electron chi connectivity index (χ2n) is 8.79. The van der Waals surface area contributed by atoms with E-state index in [1.807, 2.05) is 12.1 Å². The summed E-state index contributed by atoms with van der Waals surface area (Å²) in [7, 11) is 1.50. The van der Waals surface area contributed by atoms with Crippen LogP contribution in [0.25, 0.3) is 16.7 Å². The molecule has 8 heteroatoms. The van der Waals surface area contributed by atoms with Crippen molar-refractivity contribution in [3.05, 3.63) is 92.3 Å². The first-order chi connectivity index (χ1) is 16.7. The van der Waals surface area contributed by atoms with Crippen molar-refractivity contribution in [1.82, 2.24) is 14.1 Å². The van der Waals surface area contributed by atoms with Gasteiger partial charge < -0.3 is 10.1 Å². The monoisotopic (exact) mass is 472 g/mol. The number of carbonyl (C=O) groups is 1. The van der Waals surface area contributed by atoms with Gasteiger partial charge in [-0.1, -0.05) is 38.1 Å². The maximum absolute atomic E-state index is 13.7. The summed E-state index contributed by atoms with van der Waals surface area (Å²) >= 11 is 0. The normalized spacial score (nSPS) is 11.1. The molecule has 0 unspecified atom stereocenters. The maximum Gasteiger partial charge on any atom is 0.337 e. The number of carbonyl (C=O) groups excluding carboxylic acids is 1. The first-order valence-electron chi connectivity index (χ1n) is 11.4. The maximum atomic E-state index is 13.7. The Morgan fingerprint density at radius 2 is 1.74 bits per heavy atom. The van der Waals surface area contributed by atoms with Crippen LogP contribution in [0.1, 0.15) is 36.6 Å². The van der Waals surface area contributed by atoms with Gasteiger partial charge in [-0.3, -0.25) is 9.59 Å². The first-order valence-corrected chi connectivity index (χ1v) is 11.4. The Balaban J connectivity index is 1.85. The molecule has 0 aliphatic heterocycles. The third kappa shape index (κ3) is 4.59. The van der Waals surface area contributed by atoms with Crippen LogP contribution in [-0.2, 0) is 11.3 Å². The lowest BCUT2D eigenvalue weighted by Crippen LogP contribution is -2.42. The number of ether oxygens (including phenoxy) is 1. The summed E-state index contributed by atoms with van der Waals surface area (Å²) in [6.07, 6.45) is 0. The molecule has 8 nitrogen and oxygen atoms in total. The van der Waals surface area contributed by atoms with Gasteiger partial charge >= 0.3 is 5.69 Å². The van der Waals surface area contributed by atoms with E-state index in [1.54, 1.807) is 56.3 Å². The number of nitrogens with zero attached hydrogens (tertiary/aromatic N) is 3. The van der Waals surface area contributed by atoms with Gasteiger partial charge in [0.25, 0.3) is 5.56 Å². The molecule has 35 heavy (non-hydrogen) atoms. The van der Waals surface area contributed by atoms with Crippen molar-refractivity contribution in [2.75, 3.05) is 12.4 Å². The highest BCUT2D eigenvalue weighted by molar-refractivity contribution is 5.91. The van der Waals surface area contributed by atoms with Crippen molar-refractivity contribution in [2.45, 2.75) is 40.2 Å². The SMILES string of the molecule is COc1ccccc1-n1c(=O)n(CC(=O)Nc2ccc(C(C)C)cc2)c(=O)c2c(C)cc(C)nc21. The summed E-state index contributed by atoms with van der Waals surface area (Å²) in [6, 6.07) is 16.3. The molecule has 0 saturated heterocycles. The predicted molar refractivity (Wildman–Crippen MR) is 137 cm³/mol. The summed E-state index contributed by atoms with van der Waals surface area (Å²) in [6.45, 7) is 7.32. The van der Waals surface area contributed by atoms with Crippen LogP contribution >= 0.6 is 0 Å². The number of aryl methyl sites for hydroxylation is 2. The number of methoxy groups -OCH3 is 1. The Kier molecular flexibility index (Phi) is 6.55. The highest BCUT2D eigenvalue weighted by Gasteiger charge is 2.21. The molecule has 0 aliphatic rings. The van der Waals surface area contributed by atoms with Gasteiger partial charge in [0, 0.05) is 11.4 Å². The van der Waals surface area contributed by atoms with Crippen LogP contribution < -0.4 is 21.3 Å². The van der Waals surface area contributed by atoms with E-state index in [9.17, 15) is 14.4 Å². The van der Waals surface area contributed by atoms with Gasteiger partial charge in [-0.15, -0.1) is 0 Å². The molecule has 0 aliphatic carbocycles. The number of nitrogens with one attached hydrogen (secondary N) is 1. The van der Waals surface area contributed by atoms with Gasteiger partial charge in [-0.25, -0.2) is 18.9 Å². The fourth-order valence-electron chi connectivity index (χ4n) is 4.14. The molecule has 180 valence electrons. The molecule has 0 fully saturated rings. The van der Waals surface area contributed by atoms with E-state index in [1.165, 1.54) is 11.7 Å². The molecule has 4 rings (SSSR count). The van der Waals surface area contributed by atoms with Crippen LogP contribution in [0.5, 0.6) is 5.75 Å². The molecule has 4 aromatic rings. The lowest BCUT2D eigenvalue weighted by atomic mass is 10.0. The van der Waals surface area contributed by atoms with E-state index in [4.69, 9.17) is 4.74 Å². The highest BCUT2D eigenvalue weighted by atomic mass is 16.5. The van der Waals surface area contributed by atoms with Crippen LogP contribution in [0.3, 0.4) is 0 Å². The van der Waals surface area contributed by atoms with Crippen molar-refractivity contribution in [3.8, 4) is 11.4 Å². The predicted octanol–water partition coefficient (Wildman–Crippen LogP) is 3.93. The van der Waals surface area contributed by atoms with Crippen LogP contribution in [0.15, 0.2) is 64.2 Å². The van der Waals surface area contributed by atoms with Crippen molar-refractivity contribution >= 4 is 22.6 Å². The third-order valence-corrected chi connectivity index (χ3v) is 5.91. The topological polar surface area (TPSA) is 95.2 Å². The minimum atomic E-state index is -0.671. The molecule has 0 radical (unpaired) electrons. The van der Waals surface area contributed by atoms with Crippen molar-refractivity contribution in [2.24, 2.45) is 0 Å². The van der Waals surface area contributed by atoms with E-state index in [0.717, 1.165) is 10.1 Å². The third-order valence-electron chi connectivity index (χ3n) is 5.91. The average Bonchev–Trinajstić information content (AvgIpc) is 2.82. The molecular formula is C27H28N4O4. The van der Waals surface area contributed by atoms with Crippen molar-refractivity contribution in [3.63, 3.8) is 0 Å². The Labute approximate surface area is 202 Å². The van der Waals surface area contributed by atoms with Gasteiger partial charge in [0.05, 0.1) is 18.2 Å². The number of fused-ring (bicyclic) bond motifs is 1. The van der Waals surface area contributed by atoms with E-state index in [0.29, 0.717) is 34.3 Å². The molecule has 0 atom stereocenters. The van der Waals surface area contributed by atoms with E-state index < -0.39 is 23.7 Å². The zero-order chi connectivity index (χ0) is 25.3. The molecule has 2 aromatic heterocycles. The summed E-state index contributed by atoms with van der Waals surface area (Å²) in [5, 5.41) is 3.05. The Bertz CT molecular complexity index is 1530. The molecular weight excluding hydrogens is 444 g/mol. The van der Waals surface area contributed by atoms with Gasteiger partial charge in [-0.05, 0) is 61.2 Å².